The van der Waals surface area contributed by atoms with Gasteiger partial charge in [-0.3, -0.25) is 4.99 Å². The summed E-state index contributed by atoms with van der Waals surface area (Å²) in [4.78, 5) is 5.62. The Kier molecular flexibility index (Phi) is 6.95. The van der Waals surface area contributed by atoms with Crippen molar-refractivity contribution in [3.8, 4) is 11.5 Å². The predicted octanol–water partition coefficient (Wildman–Crippen LogP) is 2.62. The summed E-state index contributed by atoms with van der Waals surface area (Å²) < 4.78 is 19.0. The Morgan fingerprint density at radius 3 is 2.68 bits per heavy atom. The minimum absolute atomic E-state index is 0.0428. The van der Waals surface area contributed by atoms with Gasteiger partial charge in [0.2, 0.25) is 0 Å². The molecule has 0 fully saturated rings. The molecular weight excluding hydrogens is 319 g/mol. The summed E-state index contributed by atoms with van der Waals surface area (Å²) in [5.41, 5.74) is 1.54. The van der Waals surface area contributed by atoms with Crippen LogP contribution in [-0.4, -0.2) is 38.6 Å². The van der Waals surface area contributed by atoms with Crippen molar-refractivity contribution in [1.29, 1.82) is 0 Å². The average molecular weight is 345 g/mol. The van der Waals surface area contributed by atoms with Crippen LogP contribution in [0.2, 0.25) is 0 Å². The number of nitrogens with zero attached hydrogens (tertiary/aromatic N) is 1. The van der Waals surface area contributed by atoms with Gasteiger partial charge in [0.25, 0.3) is 0 Å². The third-order valence-corrected chi connectivity index (χ3v) is 3.94. The Labute approximate surface area is 148 Å². The number of aliphatic imine (C=N–C) groups is 1. The lowest BCUT2D eigenvalue weighted by molar-refractivity contribution is -0.890. The molecule has 0 aliphatic carbocycles. The van der Waals surface area contributed by atoms with Gasteiger partial charge in [-0.2, -0.15) is 0 Å². The van der Waals surface area contributed by atoms with Crippen molar-refractivity contribution in [2.45, 2.75) is 19.4 Å². The molecule has 0 aliphatic rings. The van der Waals surface area contributed by atoms with Crippen LogP contribution in [0.1, 0.15) is 30.5 Å². The smallest absolute Gasteiger partial charge is 0.133 e. The van der Waals surface area contributed by atoms with E-state index in [0.717, 1.165) is 16.9 Å². The van der Waals surface area contributed by atoms with Crippen molar-refractivity contribution < 1.29 is 19.1 Å². The van der Waals surface area contributed by atoms with Gasteiger partial charge < -0.3 is 14.7 Å². The molecule has 2 aromatic carbocycles. The van der Waals surface area contributed by atoms with E-state index in [1.807, 2.05) is 33.2 Å². The van der Waals surface area contributed by atoms with Gasteiger partial charge >= 0.3 is 0 Å². The van der Waals surface area contributed by atoms with Crippen LogP contribution in [0.5, 0.6) is 11.5 Å². The van der Waals surface area contributed by atoms with Crippen molar-refractivity contribution in [3.05, 3.63) is 59.4 Å². The molecule has 0 spiro atoms. The van der Waals surface area contributed by atoms with Crippen LogP contribution in [0.25, 0.3) is 0 Å². The number of phenols is 1. The maximum absolute atomic E-state index is 13.5. The number of hydrogen-bond acceptors (Lipinski definition) is 3. The highest BCUT2D eigenvalue weighted by Crippen LogP contribution is 2.22. The molecule has 0 heterocycles. The first-order valence-electron chi connectivity index (χ1n) is 8.52. The number of halogens is 1. The van der Waals surface area contributed by atoms with Crippen molar-refractivity contribution in [1.82, 2.24) is 0 Å². The third-order valence-electron chi connectivity index (χ3n) is 3.94. The zero-order valence-corrected chi connectivity index (χ0v) is 15.0. The first-order valence-corrected chi connectivity index (χ1v) is 8.52. The fourth-order valence-electron chi connectivity index (χ4n) is 2.54. The second kappa shape index (κ2) is 9.18. The summed E-state index contributed by atoms with van der Waals surface area (Å²) in [6.45, 7) is 3.15. The molecule has 0 saturated carbocycles. The highest BCUT2D eigenvalue weighted by Gasteiger charge is 2.17. The quantitative estimate of drug-likeness (QED) is 0.723. The van der Waals surface area contributed by atoms with Crippen molar-refractivity contribution >= 4 is 6.21 Å². The molecule has 0 unspecified atom stereocenters. The van der Waals surface area contributed by atoms with Gasteiger partial charge in [0.15, 0.2) is 0 Å². The van der Waals surface area contributed by atoms with E-state index in [1.54, 1.807) is 30.5 Å². The lowest BCUT2D eigenvalue weighted by Crippen LogP contribution is -3.06. The molecule has 0 aliphatic heterocycles. The molecule has 0 bridgehead atoms. The second-order valence-corrected chi connectivity index (χ2v) is 6.25. The fraction of sp³-hybridized carbons (Fsp3) is 0.350. The molecule has 5 heteroatoms. The number of likely N-dealkylation sites (N-methyl/N-ethyl adjacent to an activating group) is 1. The van der Waals surface area contributed by atoms with Gasteiger partial charge in [-0.25, -0.2) is 4.39 Å². The predicted molar refractivity (Wildman–Crippen MR) is 98.3 cm³/mol. The SMILES string of the molecule is CCCOc1ccc(C=NC[C@H](c2cccc(F)c2)[NH+](C)C)c(O)c1. The zero-order chi connectivity index (χ0) is 18.2. The first kappa shape index (κ1) is 18.9. The Bertz CT molecular complexity index is 717. The van der Waals surface area contributed by atoms with Gasteiger partial charge in [0.05, 0.1) is 27.2 Å². The van der Waals surface area contributed by atoms with E-state index in [0.29, 0.717) is 24.5 Å². The lowest BCUT2D eigenvalue weighted by atomic mass is 10.1. The standard InChI is InChI=1S/C20H25FN2O2/c1-4-10-25-18-9-8-16(20(24)12-18)13-22-14-19(23(2)3)15-6-5-7-17(21)11-15/h5-9,11-13,19,24H,4,10,14H2,1-3H3/p+1/t19-/m1/s1. The van der Waals surface area contributed by atoms with E-state index >= 15 is 0 Å². The van der Waals surface area contributed by atoms with Crippen LogP contribution in [0.15, 0.2) is 47.5 Å². The molecule has 2 aromatic rings. The molecule has 0 aromatic heterocycles. The zero-order valence-electron chi connectivity index (χ0n) is 15.0. The molecular formula is C20H26FN2O2+. The minimum Gasteiger partial charge on any atom is -0.507 e. The van der Waals surface area contributed by atoms with Crippen molar-refractivity contribution in [2.75, 3.05) is 27.2 Å². The maximum atomic E-state index is 13.5. The molecule has 0 amide bonds. The molecule has 2 rings (SSSR count). The number of nitrogens with one attached hydrogen (secondary N) is 1. The van der Waals surface area contributed by atoms with E-state index in [9.17, 15) is 9.50 Å². The number of rotatable bonds is 8. The largest absolute Gasteiger partial charge is 0.507 e. The number of quaternary nitrogens is 1. The summed E-state index contributed by atoms with van der Waals surface area (Å²) in [7, 11) is 4.03. The van der Waals surface area contributed by atoms with Gasteiger partial charge in [0.1, 0.15) is 23.4 Å². The van der Waals surface area contributed by atoms with Gasteiger partial charge in [-0.15, -0.1) is 0 Å². The number of ether oxygens (including phenoxy) is 1. The number of aromatic hydroxyl groups is 1. The Balaban J connectivity index is 2.07. The topological polar surface area (TPSA) is 46.3 Å². The molecule has 4 nitrogen and oxygen atoms in total. The van der Waals surface area contributed by atoms with Crippen molar-refractivity contribution in [2.24, 2.45) is 4.99 Å². The normalized spacial score (nSPS) is 12.7. The molecule has 0 saturated heterocycles. The van der Waals surface area contributed by atoms with Gasteiger partial charge in [0, 0.05) is 23.4 Å². The van der Waals surface area contributed by atoms with Crippen molar-refractivity contribution in [3.63, 3.8) is 0 Å². The van der Waals surface area contributed by atoms with E-state index < -0.39 is 0 Å². The van der Waals surface area contributed by atoms with Crippen LogP contribution in [0.4, 0.5) is 4.39 Å². The number of hydrogen-bond donors (Lipinski definition) is 2. The lowest BCUT2D eigenvalue weighted by Gasteiger charge is -2.20. The minimum atomic E-state index is -0.243. The van der Waals surface area contributed by atoms with E-state index in [4.69, 9.17) is 4.74 Å². The Morgan fingerprint density at radius 1 is 1.24 bits per heavy atom. The fourth-order valence-corrected chi connectivity index (χ4v) is 2.54. The highest BCUT2D eigenvalue weighted by molar-refractivity contribution is 5.83. The third kappa shape index (κ3) is 5.57. The molecule has 134 valence electrons. The summed E-state index contributed by atoms with van der Waals surface area (Å²) >= 11 is 0. The van der Waals surface area contributed by atoms with Crippen LogP contribution >= 0.6 is 0 Å². The molecule has 25 heavy (non-hydrogen) atoms. The first-order chi connectivity index (χ1) is 12.0. The molecule has 2 N–H and O–H groups in total. The molecule has 1 atom stereocenters. The monoisotopic (exact) mass is 345 g/mol. The summed E-state index contributed by atoms with van der Waals surface area (Å²) in [6.07, 6.45) is 2.56. The Morgan fingerprint density at radius 2 is 2.04 bits per heavy atom. The van der Waals surface area contributed by atoms with E-state index in [-0.39, 0.29) is 17.6 Å². The summed E-state index contributed by atoms with van der Waals surface area (Å²) in [5.74, 6) is 0.539. The van der Waals surface area contributed by atoms with E-state index in [1.165, 1.54) is 6.07 Å². The summed E-state index contributed by atoms with van der Waals surface area (Å²) in [5, 5.41) is 10.1. The van der Waals surface area contributed by atoms with E-state index in [2.05, 4.69) is 4.99 Å². The Hall–Kier alpha value is -2.40. The van der Waals surface area contributed by atoms with Crippen LogP contribution in [-0.2, 0) is 0 Å². The van der Waals surface area contributed by atoms with Gasteiger partial charge in [-0.1, -0.05) is 19.1 Å². The summed E-state index contributed by atoms with van der Waals surface area (Å²) in [6, 6.07) is 11.8. The number of benzene rings is 2. The highest BCUT2D eigenvalue weighted by atomic mass is 19.1. The molecule has 0 radical (unpaired) electrons. The second-order valence-electron chi connectivity index (χ2n) is 6.25. The van der Waals surface area contributed by atoms with Gasteiger partial charge in [-0.05, 0) is 30.7 Å². The van der Waals surface area contributed by atoms with Crippen LogP contribution < -0.4 is 9.64 Å². The average Bonchev–Trinajstić information content (AvgIpc) is 2.58. The number of phenolic OH excluding ortho intramolecular Hbond substituents is 1. The van der Waals surface area contributed by atoms with Crippen LogP contribution in [0.3, 0.4) is 0 Å². The van der Waals surface area contributed by atoms with Crippen LogP contribution in [0, 0.1) is 5.82 Å². The maximum Gasteiger partial charge on any atom is 0.133 e.